The molecule has 0 aromatic heterocycles. The van der Waals surface area contributed by atoms with Gasteiger partial charge in [0.05, 0.1) is 13.7 Å². The van der Waals surface area contributed by atoms with Crippen LogP contribution >= 0.6 is 27.7 Å². The fourth-order valence-electron chi connectivity index (χ4n) is 0.447. The molecule has 0 saturated heterocycles. The predicted octanol–water partition coefficient (Wildman–Crippen LogP) is 0.648. The van der Waals surface area contributed by atoms with Crippen LogP contribution in [0.3, 0.4) is 0 Å². The Kier molecular flexibility index (Phi) is 7.10. The second-order valence-corrected chi connectivity index (χ2v) is 4.04. The van der Waals surface area contributed by atoms with E-state index in [1.807, 2.05) is 0 Å². The fraction of sp³-hybridized carbons (Fsp3) is 0.833. The van der Waals surface area contributed by atoms with Crippen molar-refractivity contribution in [3.63, 3.8) is 0 Å². The largest absolute Gasteiger partial charge is 0.468 e. The summed E-state index contributed by atoms with van der Waals surface area (Å²) in [6.07, 6.45) is 0. The highest BCUT2D eigenvalue weighted by molar-refractivity contribution is 9.10. The Morgan fingerprint density at radius 1 is 1.82 bits per heavy atom. The minimum atomic E-state index is -0.268. The fourth-order valence-corrected chi connectivity index (χ4v) is 1.83. The molecule has 0 aliphatic rings. The number of alkyl halides is 1. The average molecular weight is 243 g/mol. The van der Waals surface area contributed by atoms with E-state index in [1.54, 1.807) is 0 Å². The van der Waals surface area contributed by atoms with Gasteiger partial charge in [0.2, 0.25) is 0 Å². The van der Waals surface area contributed by atoms with E-state index < -0.39 is 0 Å². The quantitative estimate of drug-likeness (QED) is 0.437. The Balaban J connectivity index is 3.36. The van der Waals surface area contributed by atoms with Gasteiger partial charge in [-0.1, -0.05) is 15.9 Å². The minimum Gasteiger partial charge on any atom is -0.468 e. The average Bonchev–Trinajstić information content (AvgIpc) is 2.03. The van der Waals surface area contributed by atoms with Crippen LogP contribution in [0, 0.1) is 0 Å². The van der Waals surface area contributed by atoms with Crippen molar-refractivity contribution in [2.24, 2.45) is 0 Å². The van der Waals surface area contributed by atoms with Crippen LogP contribution in [-0.2, 0) is 9.53 Å². The van der Waals surface area contributed by atoms with E-state index in [0.717, 1.165) is 0 Å². The molecule has 0 aromatic carbocycles. The molecule has 0 fully saturated rings. The third kappa shape index (κ3) is 5.52. The molecule has 66 valence electrons. The van der Waals surface area contributed by atoms with Crippen molar-refractivity contribution in [3.05, 3.63) is 0 Å². The van der Waals surface area contributed by atoms with Crippen molar-refractivity contribution in [3.8, 4) is 0 Å². The lowest BCUT2D eigenvalue weighted by Crippen LogP contribution is -2.18. The molecule has 0 saturated carbocycles. The van der Waals surface area contributed by atoms with Crippen LogP contribution in [0.2, 0.25) is 0 Å². The smallest absolute Gasteiger partial charge is 0.320 e. The number of methoxy groups -OCH3 is 1. The molecule has 3 nitrogen and oxygen atoms in total. The summed E-state index contributed by atoms with van der Waals surface area (Å²) in [5.41, 5.74) is 0. The van der Waals surface area contributed by atoms with Gasteiger partial charge in [-0.3, -0.25) is 4.79 Å². The van der Waals surface area contributed by atoms with Crippen LogP contribution in [0.5, 0.6) is 0 Å². The molecule has 0 rings (SSSR count). The first kappa shape index (κ1) is 11.3. The molecular weight excluding hydrogens is 232 g/mol. The Morgan fingerprint density at radius 3 is 2.91 bits per heavy atom. The molecular formula is C6H11BrO3S. The number of halogens is 1. The van der Waals surface area contributed by atoms with Gasteiger partial charge >= 0.3 is 5.97 Å². The number of hydrogen-bond donors (Lipinski definition) is 1. The van der Waals surface area contributed by atoms with Crippen LogP contribution in [0.4, 0.5) is 0 Å². The van der Waals surface area contributed by atoms with Gasteiger partial charge in [0, 0.05) is 11.5 Å². The second kappa shape index (κ2) is 6.94. The number of ether oxygens (including phenoxy) is 1. The maximum Gasteiger partial charge on any atom is 0.320 e. The Labute approximate surface area is 78.6 Å². The van der Waals surface area contributed by atoms with Crippen LogP contribution in [0.15, 0.2) is 0 Å². The molecule has 0 aromatic rings. The lowest BCUT2D eigenvalue weighted by Gasteiger charge is -2.05. The van der Waals surface area contributed by atoms with Gasteiger partial charge in [0.1, 0.15) is 4.83 Å². The van der Waals surface area contributed by atoms with Crippen molar-refractivity contribution >= 4 is 33.7 Å². The summed E-state index contributed by atoms with van der Waals surface area (Å²) in [6.45, 7) is 0.144. The maximum absolute atomic E-state index is 10.8. The number of aliphatic hydroxyl groups is 1. The van der Waals surface area contributed by atoms with Gasteiger partial charge in [0.25, 0.3) is 0 Å². The number of esters is 1. The molecule has 0 spiro atoms. The standard InChI is InChI=1S/C6H11BrO3S/c1-10-6(9)5(7)4-11-3-2-8/h5,8H,2-4H2,1H3. The van der Waals surface area contributed by atoms with E-state index in [4.69, 9.17) is 5.11 Å². The van der Waals surface area contributed by atoms with Crippen LogP contribution < -0.4 is 0 Å². The third-order valence-corrected chi connectivity index (χ3v) is 3.12. The number of hydrogen-bond acceptors (Lipinski definition) is 4. The molecule has 0 heterocycles. The van der Waals surface area contributed by atoms with E-state index >= 15 is 0 Å². The number of carbonyl (C=O) groups is 1. The predicted molar refractivity (Wildman–Crippen MR) is 49.1 cm³/mol. The first-order valence-electron chi connectivity index (χ1n) is 3.13. The summed E-state index contributed by atoms with van der Waals surface area (Å²) < 4.78 is 4.48. The molecule has 0 bridgehead atoms. The summed E-state index contributed by atoms with van der Waals surface area (Å²) in [5.74, 6) is 1.02. The lowest BCUT2D eigenvalue weighted by molar-refractivity contribution is -0.139. The highest BCUT2D eigenvalue weighted by Crippen LogP contribution is 2.10. The van der Waals surface area contributed by atoms with Crippen LogP contribution in [-0.4, -0.2) is 41.1 Å². The Morgan fingerprint density at radius 2 is 2.45 bits per heavy atom. The summed E-state index contributed by atoms with van der Waals surface area (Å²) in [6, 6.07) is 0. The zero-order valence-electron chi connectivity index (χ0n) is 6.25. The van der Waals surface area contributed by atoms with Gasteiger partial charge in [-0.15, -0.1) is 0 Å². The van der Waals surface area contributed by atoms with Crippen molar-refractivity contribution in [1.29, 1.82) is 0 Å². The highest BCUT2D eigenvalue weighted by Gasteiger charge is 2.13. The molecule has 0 radical (unpaired) electrons. The van der Waals surface area contributed by atoms with E-state index in [9.17, 15) is 4.79 Å². The lowest BCUT2D eigenvalue weighted by atomic mass is 10.5. The number of thioether (sulfide) groups is 1. The number of rotatable bonds is 5. The van der Waals surface area contributed by atoms with Crippen molar-refractivity contribution in [2.75, 3.05) is 25.2 Å². The zero-order chi connectivity index (χ0) is 8.69. The van der Waals surface area contributed by atoms with Crippen molar-refractivity contribution in [1.82, 2.24) is 0 Å². The van der Waals surface area contributed by atoms with Crippen molar-refractivity contribution in [2.45, 2.75) is 4.83 Å². The first-order valence-corrected chi connectivity index (χ1v) is 5.20. The molecule has 0 aliphatic carbocycles. The van der Waals surface area contributed by atoms with E-state index in [-0.39, 0.29) is 17.4 Å². The minimum absolute atomic E-state index is 0.144. The first-order chi connectivity index (χ1) is 5.22. The third-order valence-electron chi connectivity index (χ3n) is 0.957. The molecule has 0 aliphatic heterocycles. The van der Waals surface area contributed by atoms with Crippen LogP contribution in [0.1, 0.15) is 0 Å². The summed E-state index contributed by atoms with van der Waals surface area (Å²) in [4.78, 5) is 10.5. The second-order valence-electron chi connectivity index (χ2n) is 1.79. The van der Waals surface area contributed by atoms with E-state index in [0.29, 0.717) is 11.5 Å². The molecule has 1 atom stereocenters. The number of carbonyl (C=O) groups excluding carboxylic acids is 1. The number of aliphatic hydroxyl groups excluding tert-OH is 1. The molecule has 1 N–H and O–H groups in total. The van der Waals surface area contributed by atoms with E-state index in [2.05, 4.69) is 20.7 Å². The maximum atomic E-state index is 10.8. The summed E-state index contributed by atoms with van der Waals surface area (Å²) in [7, 11) is 1.35. The van der Waals surface area contributed by atoms with Crippen LogP contribution in [0.25, 0.3) is 0 Å². The van der Waals surface area contributed by atoms with Gasteiger partial charge < -0.3 is 9.84 Å². The molecule has 0 amide bonds. The zero-order valence-corrected chi connectivity index (χ0v) is 8.65. The highest BCUT2D eigenvalue weighted by atomic mass is 79.9. The Hall–Kier alpha value is 0.260. The summed E-state index contributed by atoms with van der Waals surface area (Å²) in [5, 5.41) is 8.42. The Bertz CT molecular complexity index is 120. The molecule has 1 unspecified atom stereocenters. The van der Waals surface area contributed by atoms with Gasteiger partial charge in [0.15, 0.2) is 0 Å². The molecule has 5 heteroatoms. The SMILES string of the molecule is COC(=O)C(Br)CSCCO. The topological polar surface area (TPSA) is 46.5 Å². The van der Waals surface area contributed by atoms with Gasteiger partial charge in [-0.2, -0.15) is 11.8 Å². The summed E-state index contributed by atoms with van der Waals surface area (Å²) >= 11 is 4.66. The monoisotopic (exact) mass is 242 g/mol. The van der Waals surface area contributed by atoms with Gasteiger partial charge in [-0.25, -0.2) is 0 Å². The van der Waals surface area contributed by atoms with Gasteiger partial charge in [-0.05, 0) is 0 Å². The van der Waals surface area contributed by atoms with E-state index in [1.165, 1.54) is 18.9 Å². The molecule has 11 heavy (non-hydrogen) atoms. The normalized spacial score (nSPS) is 12.6. The van der Waals surface area contributed by atoms with Crippen molar-refractivity contribution < 1.29 is 14.6 Å².